The lowest BCUT2D eigenvalue weighted by Crippen LogP contribution is -2.49. The molecule has 0 saturated heterocycles. The van der Waals surface area contributed by atoms with Crippen molar-refractivity contribution < 1.29 is 13.2 Å². The summed E-state index contributed by atoms with van der Waals surface area (Å²) >= 11 is 0. The normalized spacial score (nSPS) is 12.4. The molecule has 0 aromatic heterocycles. The molecule has 1 aromatic carbocycles. The van der Waals surface area contributed by atoms with Crippen LogP contribution in [-0.4, -0.2) is 33.9 Å². The summed E-state index contributed by atoms with van der Waals surface area (Å²) < 4.78 is 30.1. The van der Waals surface area contributed by atoms with Gasteiger partial charge in [0.05, 0.1) is 13.4 Å². The molecule has 5 nitrogen and oxygen atoms in total. The standard InChI is InChI=1S/C13H22N2O3S/c1-13(2,15-19(4,16)17)10-14-9-11-5-7-12(18-3)8-6-11/h5-8,14-15H,9-10H2,1-4H3. The van der Waals surface area contributed by atoms with E-state index in [4.69, 9.17) is 4.74 Å². The average molecular weight is 286 g/mol. The number of sulfonamides is 1. The highest BCUT2D eigenvalue weighted by molar-refractivity contribution is 7.88. The van der Waals surface area contributed by atoms with E-state index in [-0.39, 0.29) is 0 Å². The van der Waals surface area contributed by atoms with Gasteiger partial charge in [0, 0.05) is 18.6 Å². The Morgan fingerprint density at radius 1 is 1.21 bits per heavy atom. The molecule has 6 heteroatoms. The molecule has 0 spiro atoms. The summed E-state index contributed by atoms with van der Waals surface area (Å²) in [7, 11) is -1.56. The van der Waals surface area contributed by atoms with Crippen molar-refractivity contribution in [3.63, 3.8) is 0 Å². The molecule has 0 aliphatic rings. The molecule has 108 valence electrons. The van der Waals surface area contributed by atoms with Gasteiger partial charge in [-0.05, 0) is 31.5 Å². The van der Waals surface area contributed by atoms with Crippen LogP contribution in [0.25, 0.3) is 0 Å². The molecule has 0 radical (unpaired) electrons. The fourth-order valence-electron chi connectivity index (χ4n) is 1.80. The van der Waals surface area contributed by atoms with Crippen LogP contribution in [0.4, 0.5) is 0 Å². The van der Waals surface area contributed by atoms with Crippen LogP contribution in [0.1, 0.15) is 19.4 Å². The summed E-state index contributed by atoms with van der Waals surface area (Å²) in [6, 6.07) is 7.75. The van der Waals surface area contributed by atoms with Crippen molar-refractivity contribution in [1.82, 2.24) is 10.0 Å². The molecule has 0 amide bonds. The van der Waals surface area contributed by atoms with Crippen molar-refractivity contribution in [2.24, 2.45) is 0 Å². The third kappa shape index (κ3) is 6.56. The Morgan fingerprint density at radius 3 is 2.26 bits per heavy atom. The first-order chi connectivity index (χ1) is 8.72. The van der Waals surface area contributed by atoms with Gasteiger partial charge < -0.3 is 10.1 Å². The number of rotatable bonds is 7. The van der Waals surface area contributed by atoms with Gasteiger partial charge in [0.25, 0.3) is 0 Å². The van der Waals surface area contributed by atoms with E-state index >= 15 is 0 Å². The monoisotopic (exact) mass is 286 g/mol. The highest BCUT2D eigenvalue weighted by atomic mass is 32.2. The highest BCUT2D eigenvalue weighted by Crippen LogP contribution is 2.11. The van der Waals surface area contributed by atoms with E-state index in [1.165, 1.54) is 0 Å². The maximum absolute atomic E-state index is 11.2. The highest BCUT2D eigenvalue weighted by Gasteiger charge is 2.21. The van der Waals surface area contributed by atoms with Crippen LogP contribution in [0.5, 0.6) is 5.75 Å². The van der Waals surface area contributed by atoms with Gasteiger partial charge in [0.1, 0.15) is 5.75 Å². The van der Waals surface area contributed by atoms with Crippen molar-refractivity contribution in [3.05, 3.63) is 29.8 Å². The van der Waals surface area contributed by atoms with E-state index in [9.17, 15) is 8.42 Å². The Bertz CT molecular complexity index is 495. The summed E-state index contributed by atoms with van der Waals surface area (Å²) in [5.41, 5.74) is 0.607. The molecular weight excluding hydrogens is 264 g/mol. The van der Waals surface area contributed by atoms with Crippen molar-refractivity contribution in [1.29, 1.82) is 0 Å². The van der Waals surface area contributed by atoms with Crippen LogP contribution in [0.2, 0.25) is 0 Å². The molecule has 0 bridgehead atoms. The maximum atomic E-state index is 11.2. The van der Waals surface area contributed by atoms with E-state index in [0.29, 0.717) is 13.1 Å². The molecule has 0 saturated carbocycles. The maximum Gasteiger partial charge on any atom is 0.209 e. The quantitative estimate of drug-likeness (QED) is 0.788. The van der Waals surface area contributed by atoms with Crippen molar-refractivity contribution in [2.75, 3.05) is 19.9 Å². The second-order valence-corrected chi connectivity index (χ2v) is 6.96. The molecule has 0 atom stereocenters. The molecular formula is C13H22N2O3S. The van der Waals surface area contributed by atoms with Crippen LogP contribution in [-0.2, 0) is 16.6 Å². The molecule has 1 rings (SSSR count). The Labute approximate surface area is 115 Å². The largest absolute Gasteiger partial charge is 0.497 e. The number of benzene rings is 1. The number of ether oxygens (including phenoxy) is 1. The number of hydrogen-bond donors (Lipinski definition) is 2. The summed E-state index contributed by atoms with van der Waals surface area (Å²) in [5.74, 6) is 0.822. The van der Waals surface area contributed by atoms with Crippen LogP contribution in [0.15, 0.2) is 24.3 Å². The molecule has 0 unspecified atom stereocenters. The predicted molar refractivity (Wildman–Crippen MR) is 76.8 cm³/mol. The van der Waals surface area contributed by atoms with Gasteiger partial charge in [0.15, 0.2) is 0 Å². The molecule has 0 fully saturated rings. The van der Waals surface area contributed by atoms with Crippen molar-refractivity contribution >= 4 is 10.0 Å². The summed E-state index contributed by atoms with van der Waals surface area (Å²) in [5, 5.41) is 3.23. The van der Waals surface area contributed by atoms with E-state index in [2.05, 4.69) is 10.0 Å². The van der Waals surface area contributed by atoms with Crippen LogP contribution >= 0.6 is 0 Å². The molecule has 0 heterocycles. The summed E-state index contributed by atoms with van der Waals surface area (Å²) in [6.45, 7) is 4.91. The van der Waals surface area contributed by atoms with E-state index < -0.39 is 15.6 Å². The number of nitrogens with one attached hydrogen (secondary N) is 2. The minimum Gasteiger partial charge on any atom is -0.497 e. The summed E-state index contributed by atoms with van der Waals surface area (Å²) in [6.07, 6.45) is 1.16. The van der Waals surface area contributed by atoms with Gasteiger partial charge in [-0.3, -0.25) is 0 Å². The first-order valence-corrected chi connectivity index (χ1v) is 7.94. The van der Waals surface area contributed by atoms with Crippen molar-refractivity contribution in [3.8, 4) is 5.75 Å². The lowest BCUT2D eigenvalue weighted by atomic mass is 10.1. The van der Waals surface area contributed by atoms with Gasteiger partial charge in [0.2, 0.25) is 10.0 Å². The van der Waals surface area contributed by atoms with Gasteiger partial charge in [-0.25, -0.2) is 13.1 Å². The van der Waals surface area contributed by atoms with E-state index in [0.717, 1.165) is 17.6 Å². The second-order valence-electron chi connectivity index (χ2n) is 5.21. The van der Waals surface area contributed by atoms with Crippen LogP contribution in [0, 0.1) is 0 Å². The van der Waals surface area contributed by atoms with E-state index in [1.807, 2.05) is 38.1 Å². The molecule has 0 aliphatic carbocycles. The SMILES string of the molecule is COc1ccc(CNCC(C)(C)NS(C)(=O)=O)cc1. The first kappa shape index (κ1) is 15.9. The minimum absolute atomic E-state index is 0.514. The van der Waals surface area contributed by atoms with E-state index in [1.54, 1.807) is 7.11 Å². The zero-order valence-electron chi connectivity index (χ0n) is 11.9. The smallest absolute Gasteiger partial charge is 0.209 e. The lowest BCUT2D eigenvalue weighted by molar-refractivity contribution is 0.413. The molecule has 2 N–H and O–H groups in total. The topological polar surface area (TPSA) is 67.4 Å². The first-order valence-electron chi connectivity index (χ1n) is 6.04. The Kier molecular flexibility index (Phi) is 5.34. The molecule has 19 heavy (non-hydrogen) atoms. The zero-order chi connectivity index (χ0) is 14.5. The van der Waals surface area contributed by atoms with Gasteiger partial charge in [-0.2, -0.15) is 0 Å². The van der Waals surface area contributed by atoms with Crippen LogP contribution in [0.3, 0.4) is 0 Å². The Hall–Kier alpha value is -1.11. The predicted octanol–water partition coefficient (Wildman–Crippen LogP) is 1.11. The Morgan fingerprint density at radius 2 is 1.79 bits per heavy atom. The van der Waals surface area contributed by atoms with Gasteiger partial charge in [-0.1, -0.05) is 12.1 Å². The number of hydrogen-bond acceptors (Lipinski definition) is 4. The molecule has 1 aromatic rings. The second kappa shape index (κ2) is 6.36. The average Bonchev–Trinajstić information content (AvgIpc) is 2.26. The van der Waals surface area contributed by atoms with Gasteiger partial charge >= 0.3 is 0 Å². The third-order valence-corrected chi connectivity index (χ3v) is 3.44. The minimum atomic E-state index is -3.19. The fraction of sp³-hybridized carbons (Fsp3) is 0.538. The number of methoxy groups -OCH3 is 1. The lowest BCUT2D eigenvalue weighted by Gasteiger charge is -2.25. The fourth-order valence-corrected chi connectivity index (χ4v) is 2.88. The van der Waals surface area contributed by atoms with Crippen LogP contribution < -0.4 is 14.8 Å². The van der Waals surface area contributed by atoms with Gasteiger partial charge in [-0.15, -0.1) is 0 Å². The Balaban J connectivity index is 2.44. The zero-order valence-corrected chi connectivity index (χ0v) is 12.7. The van der Waals surface area contributed by atoms with Crippen molar-refractivity contribution in [2.45, 2.75) is 25.9 Å². The third-order valence-electron chi connectivity index (χ3n) is 2.52. The summed E-state index contributed by atoms with van der Waals surface area (Å²) in [4.78, 5) is 0. The molecule has 0 aliphatic heterocycles.